The summed E-state index contributed by atoms with van der Waals surface area (Å²) in [5.41, 5.74) is -0.707. The minimum atomic E-state index is -4.32. The maximum Gasteiger partial charge on any atom is 0.417 e. The number of piperidine rings is 1. The van der Waals surface area contributed by atoms with Gasteiger partial charge in [-0.15, -0.1) is 0 Å². The monoisotopic (exact) mass is 259 g/mol. The first-order valence-electron chi connectivity index (χ1n) is 5.95. The highest BCUT2D eigenvalue weighted by molar-refractivity contribution is 5.40. The van der Waals surface area contributed by atoms with E-state index in [0.717, 1.165) is 38.2 Å². The van der Waals surface area contributed by atoms with Gasteiger partial charge in [-0.3, -0.25) is 0 Å². The van der Waals surface area contributed by atoms with Gasteiger partial charge in [-0.05, 0) is 31.5 Å². The van der Waals surface area contributed by atoms with Crippen molar-refractivity contribution in [2.24, 2.45) is 0 Å². The van der Waals surface area contributed by atoms with Crippen molar-refractivity contribution < 1.29 is 13.2 Å². The molecular formula is C12H16F3N3. The van der Waals surface area contributed by atoms with Crippen molar-refractivity contribution in [1.29, 1.82) is 0 Å². The van der Waals surface area contributed by atoms with Crippen LogP contribution in [0.25, 0.3) is 0 Å². The number of nitrogens with zero attached hydrogens (tertiary/aromatic N) is 2. The molecule has 1 N–H and O–H groups in total. The molecule has 1 unspecified atom stereocenters. The predicted octanol–water partition coefficient (Wildman–Crippen LogP) is 2.29. The van der Waals surface area contributed by atoms with Crippen LogP contribution >= 0.6 is 0 Å². The molecule has 1 saturated heterocycles. The Balaban J connectivity index is 2.09. The Bertz CT molecular complexity index is 383. The van der Waals surface area contributed by atoms with E-state index in [0.29, 0.717) is 11.9 Å². The molecule has 1 aromatic rings. The van der Waals surface area contributed by atoms with Gasteiger partial charge in [-0.1, -0.05) is 0 Å². The Labute approximate surface area is 104 Å². The lowest BCUT2D eigenvalue weighted by Gasteiger charge is -2.32. The second-order valence-corrected chi connectivity index (χ2v) is 4.51. The van der Waals surface area contributed by atoms with Crippen LogP contribution in [0.15, 0.2) is 18.3 Å². The van der Waals surface area contributed by atoms with Gasteiger partial charge in [0.2, 0.25) is 0 Å². The fourth-order valence-electron chi connectivity index (χ4n) is 2.11. The SMILES string of the molecule is CN(c1ccc(C(F)(F)F)cn1)C1CCCNC1. The fourth-order valence-corrected chi connectivity index (χ4v) is 2.11. The van der Waals surface area contributed by atoms with Gasteiger partial charge in [-0.25, -0.2) is 4.98 Å². The van der Waals surface area contributed by atoms with E-state index in [2.05, 4.69) is 10.3 Å². The predicted molar refractivity (Wildman–Crippen MR) is 63.5 cm³/mol. The zero-order chi connectivity index (χ0) is 13.2. The Hall–Kier alpha value is -1.30. The lowest BCUT2D eigenvalue weighted by Crippen LogP contribution is -2.44. The average Bonchev–Trinajstić information content (AvgIpc) is 2.38. The standard InChI is InChI=1S/C12H16F3N3/c1-18(10-3-2-6-16-8-10)11-5-4-9(7-17-11)12(13,14)15/h4-5,7,10,16H,2-3,6,8H2,1H3. The molecule has 3 nitrogen and oxygen atoms in total. The number of likely N-dealkylation sites (N-methyl/N-ethyl adjacent to an activating group) is 1. The van der Waals surface area contributed by atoms with Gasteiger partial charge in [0.05, 0.1) is 5.56 Å². The number of hydrogen-bond donors (Lipinski definition) is 1. The van der Waals surface area contributed by atoms with Gasteiger partial charge < -0.3 is 10.2 Å². The minimum absolute atomic E-state index is 0.294. The smallest absolute Gasteiger partial charge is 0.355 e. The Morgan fingerprint density at radius 1 is 1.39 bits per heavy atom. The summed E-state index contributed by atoms with van der Waals surface area (Å²) >= 11 is 0. The molecule has 2 rings (SSSR count). The summed E-state index contributed by atoms with van der Waals surface area (Å²) in [6.07, 6.45) is -1.32. The molecule has 0 radical (unpaired) electrons. The van der Waals surface area contributed by atoms with Crippen LogP contribution in [0.2, 0.25) is 0 Å². The second-order valence-electron chi connectivity index (χ2n) is 4.51. The number of anilines is 1. The lowest BCUT2D eigenvalue weighted by molar-refractivity contribution is -0.137. The number of nitrogens with one attached hydrogen (secondary N) is 1. The molecule has 0 spiro atoms. The molecule has 0 aromatic carbocycles. The van der Waals surface area contributed by atoms with E-state index in [-0.39, 0.29) is 0 Å². The van der Waals surface area contributed by atoms with E-state index in [1.807, 2.05) is 11.9 Å². The first-order chi connectivity index (χ1) is 8.48. The summed E-state index contributed by atoms with van der Waals surface area (Å²) in [6.45, 7) is 1.85. The largest absolute Gasteiger partial charge is 0.417 e. The van der Waals surface area contributed by atoms with Crippen LogP contribution in [-0.2, 0) is 6.18 Å². The third-order valence-electron chi connectivity index (χ3n) is 3.26. The number of hydrogen-bond acceptors (Lipinski definition) is 3. The zero-order valence-corrected chi connectivity index (χ0v) is 10.2. The Kier molecular flexibility index (Phi) is 3.75. The second kappa shape index (κ2) is 5.14. The van der Waals surface area contributed by atoms with E-state index in [1.54, 1.807) is 0 Å². The molecule has 18 heavy (non-hydrogen) atoms. The van der Waals surface area contributed by atoms with Crippen molar-refractivity contribution in [2.45, 2.75) is 25.1 Å². The molecular weight excluding hydrogens is 243 g/mol. The van der Waals surface area contributed by atoms with Gasteiger partial charge in [0.15, 0.2) is 0 Å². The van der Waals surface area contributed by atoms with E-state index in [1.165, 1.54) is 6.07 Å². The van der Waals surface area contributed by atoms with E-state index in [4.69, 9.17) is 0 Å². The molecule has 100 valence electrons. The zero-order valence-electron chi connectivity index (χ0n) is 10.2. The maximum atomic E-state index is 12.4. The average molecular weight is 259 g/mol. The number of alkyl halides is 3. The van der Waals surface area contributed by atoms with Crippen LogP contribution in [0.4, 0.5) is 19.0 Å². The highest BCUT2D eigenvalue weighted by Crippen LogP contribution is 2.29. The molecule has 1 aliphatic heterocycles. The van der Waals surface area contributed by atoms with Crippen molar-refractivity contribution in [2.75, 3.05) is 25.0 Å². The fraction of sp³-hybridized carbons (Fsp3) is 0.583. The van der Waals surface area contributed by atoms with E-state index in [9.17, 15) is 13.2 Å². The number of rotatable bonds is 2. The van der Waals surface area contributed by atoms with Crippen molar-refractivity contribution in [3.8, 4) is 0 Å². The number of halogens is 3. The van der Waals surface area contributed by atoms with Crippen LogP contribution < -0.4 is 10.2 Å². The molecule has 0 bridgehead atoms. The third kappa shape index (κ3) is 2.93. The van der Waals surface area contributed by atoms with Crippen molar-refractivity contribution in [3.63, 3.8) is 0 Å². The molecule has 1 fully saturated rings. The maximum absolute atomic E-state index is 12.4. The molecule has 1 aromatic heterocycles. The molecule has 2 heterocycles. The van der Waals surface area contributed by atoms with Gasteiger partial charge in [0, 0.05) is 25.8 Å². The normalized spacial score (nSPS) is 20.8. The van der Waals surface area contributed by atoms with Crippen LogP contribution in [0.3, 0.4) is 0 Å². The van der Waals surface area contributed by atoms with Crippen molar-refractivity contribution in [3.05, 3.63) is 23.9 Å². The van der Waals surface area contributed by atoms with Gasteiger partial charge in [0.1, 0.15) is 5.82 Å². The Morgan fingerprint density at radius 2 is 2.17 bits per heavy atom. The third-order valence-corrected chi connectivity index (χ3v) is 3.26. The summed E-state index contributed by atoms with van der Waals surface area (Å²) in [6, 6.07) is 2.80. The molecule has 0 saturated carbocycles. The molecule has 0 aliphatic carbocycles. The lowest BCUT2D eigenvalue weighted by atomic mass is 10.1. The summed E-state index contributed by atoms with van der Waals surface area (Å²) in [7, 11) is 1.87. The van der Waals surface area contributed by atoms with Crippen molar-refractivity contribution >= 4 is 5.82 Å². The minimum Gasteiger partial charge on any atom is -0.355 e. The summed E-state index contributed by atoms with van der Waals surface area (Å²) in [5, 5.41) is 3.27. The number of aromatic nitrogens is 1. The van der Waals surface area contributed by atoms with Crippen LogP contribution in [-0.4, -0.2) is 31.2 Å². The quantitative estimate of drug-likeness (QED) is 0.883. The van der Waals surface area contributed by atoms with Gasteiger partial charge in [0.25, 0.3) is 0 Å². The first kappa shape index (κ1) is 13.1. The van der Waals surface area contributed by atoms with Crippen LogP contribution in [0.5, 0.6) is 0 Å². The van der Waals surface area contributed by atoms with Gasteiger partial charge >= 0.3 is 6.18 Å². The Morgan fingerprint density at radius 3 is 2.67 bits per heavy atom. The first-order valence-corrected chi connectivity index (χ1v) is 5.95. The van der Waals surface area contributed by atoms with Crippen LogP contribution in [0.1, 0.15) is 18.4 Å². The summed E-state index contributed by atoms with van der Waals surface area (Å²) < 4.78 is 37.2. The highest BCUT2D eigenvalue weighted by atomic mass is 19.4. The van der Waals surface area contributed by atoms with Crippen molar-refractivity contribution in [1.82, 2.24) is 10.3 Å². The molecule has 0 amide bonds. The summed E-state index contributed by atoms with van der Waals surface area (Å²) in [5.74, 6) is 0.580. The van der Waals surface area contributed by atoms with E-state index >= 15 is 0 Å². The van der Waals surface area contributed by atoms with Gasteiger partial charge in [-0.2, -0.15) is 13.2 Å². The van der Waals surface area contributed by atoms with E-state index < -0.39 is 11.7 Å². The summed E-state index contributed by atoms with van der Waals surface area (Å²) in [4.78, 5) is 5.84. The number of pyridine rings is 1. The molecule has 6 heteroatoms. The molecule has 1 aliphatic rings. The highest BCUT2D eigenvalue weighted by Gasteiger charge is 2.31. The topological polar surface area (TPSA) is 28.2 Å². The van der Waals surface area contributed by atoms with Crippen LogP contribution in [0, 0.1) is 0 Å². The molecule has 1 atom stereocenters.